The lowest BCUT2D eigenvalue weighted by atomic mass is 9.94. The fraction of sp³-hybridized carbons (Fsp3) is 0.185. The number of ether oxygens (including phenoxy) is 1. The highest BCUT2D eigenvalue weighted by molar-refractivity contribution is 5.73. The van der Waals surface area contributed by atoms with Crippen molar-refractivity contribution in [3.8, 4) is 28.6 Å². The highest BCUT2D eigenvalue weighted by atomic mass is 16.5. The number of nitrogens with zero attached hydrogens (tertiary/aromatic N) is 3. The van der Waals surface area contributed by atoms with Gasteiger partial charge in [-0.3, -0.25) is 0 Å². The summed E-state index contributed by atoms with van der Waals surface area (Å²) in [4.78, 5) is 0. The van der Waals surface area contributed by atoms with Gasteiger partial charge in [0, 0.05) is 18.2 Å². The highest BCUT2D eigenvalue weighted by Crippen LogP contribution is 2.29. The van der Waals surface area contributed by atoms with Gasteiger partial charge in [-0.2, -0.15) is 10.4 Å². The zero-order chi connectivity index (χ0) is 21.8. The van der Waals surface area contributed by atoms with E-state index >= 15 is 0 Å². The van der Waals surface area contributed by atoms with Gasteiger partial charge in [0.15, 0.2) is 0 Å². The molecule has 0 saturated heterocycles. The summed E-state index contributed by atoms with van der Waals surface area (Å²) in [5, 5.41) is 14.6. The molecule has 31 heavy (non-hydrogen) atoms. The van der Waals surface area contributed by atoms with Crippen molar-refractivity contribution in [2.75, 3.05) is 7.11 Å². The summed E-state index contributed by atoms with van der Waals surface area (Å²) >= 11 is 0. The zero-order valence-electron chi connectivity index (χ0n) is 18.0. The second-order valence-corrected chi connectivity index (χ2v) is 7.80. The van der Waals surface area contributed by atoms with E-state index in [4.69, 9.17) is 9.84 Å². The number of aromatic nitrogens is 2. The van der Waals surface area contributed by atoms with Gasteiger partial charge in [-0.05, 0) is 54.8 Å². The first-order valence-electron chi connectivity index (χ1n) is 10.3. The normalized spacial score (nSPS) is 11.7. The van der Waals surface area contributed by atoms with E-state index in [9.17, 15) is 5.26 Å². The van der Waals surface area contributed by atoms with Crippen LogP contribution in [0.25, 0.3) is 16.8 Å². The van der Waals surface area contributed by atoms with Crippen LogP contribution in [-0.4, -0.2) is 16.9 Å². The molecule has 0 aliphatic rings. The minimum absolute atomic E-state index is 0.221. The van der Waals surface area contributed by atoms with Crippen LogP contribution in [0.2, 0.25) is 0 Å². The molecule has 4 nitrogen and oxygen atoms in total. The molecular weight excluding hydrogens is 382 g/mol. The summed E-state index contributed by atoms with van der Waals surface area (Å²) in [6.45, 7) is 4.13. The third-order valence-electron chi connectivity index (χ3n) is 5.46. The van der Waals surface area contributed by atoms with E-state index < -0.39 is 0 Å². The molecule has 0 aliphatic heterocycles. The highest BCUT2D eigenvalue weighted by Gasteiger charge is 2.15. The van der Waals surface area contributed by atoms with Gasteiger partial charge >= 0.3 is 0 Å². The molecule has 1 aromatic heterocycles. The van der Waals surface area contributed by atoms with Crippen molar-refractivity contribution in [1.29, 1.82) is 5.26 Å². The summed E-state index contributed by atoms with van der Waals surface area (Å²) in [5.41, 5.74) is 7.47. The molecule has 1 heterocycles. The van der Waals surface area contributed by atoms with Crippen molar-refractivity contribution < 1.29 is 4.74 Å². The van der Waals surface area contributed by atoms with E-state index in [1.165, 1.54) is 5.56 Å². The number of benzene rings is 3. The standard InChI is InChI=1S/C27H25N3O/c1-19-5-4-6-22(15-19)23(18-28)17-24-13-14-30(29-24)27-16-20(2)7-12-26(27)21-8-10-25(31-3)11-9-21/h4-16,23H,17H2,1-3H3. The Labute approximate surface area is 183 Å². The van der Waals surface area contributed by atoms with E-state index in [1.54, 1.807) is 7.11 Å². The van der Waals surface area contributed by atoms with Crippen LogP contribution in [0.4, 0.5) is 0 Å². The molecule has 1 atom stereocenters. The predicted molar refractivity (Wildman–Crippen MR) is 124 cm³/mol. The Morgan fingerprint density at radius 3 is 2.45 bits per heavy atom. The quantitative estimate of drug-likeness (QED) is 0.393. The first kappa shape index (κ1) is 20.4. The van der Waals surface area contributed by atoms with Gasteiger partial charge in [-0.15, -0.1) is 0 Å². The van der Waals surface area contributed by atoms with E-state index in [-0.39, 0.29) is 5.92 Å². The molecule has 0 fully saturated rings. The number of rotatable bonds is 6. The Morgan fingerprint density at radius 2 is 1.74 bits per heavy atom. The van der Waals surface area contributed by atoms with Crippen molar-refractivity contribution in [1.82, 2.24) is 9.78 Å². The summed E-state index contributed by atoms with van der Waals surface area (Å²) in [5.74, 6) is 0.610. The van der Waals surface area contributed by atoms with Crippen LogP contribution in [0.15, 0.2) is 79.0 Å². The molecule has 0 bridgehead atoms. The first-order chi connectivity index (χ1) is 15.1. The lowest BCUT2D eigenvalue weighted by Crippen LogP contribution is -2.04. The third kappa shape index (κ3) is 4.51. The summed E-state index contributed by atoms with van der Waals surface area (Å²) in [7, 11) is 1.67. The Bertz CT molecular complexity index is 1230. The fourth-order valence-corrected chi connectivity index (χ4v) is 3.78. The molecule has 0 N–H and O–H groups in total. The maximum absolute atomic E-state index is 9.73. The van der Waals surface area contributed by atoms with Crippen molar-refractivity contribution in [2.45, 2.75) is 26.2 Å². The molecule has 3 aromatic carbocycles. The fourth-order valence-electron chi connectivity index (χ4n) is 3.78. The van der Waals surface area contributed by atoms with Gasteiger partial charge in [-0.1, -0.05) is 54.1 Å². The minimum atomic E-state index is -0.221. The van der Waals surface area contributed by atoms with Crippen molar-refractivity contribution in [3.63, 3.8) is 0 Å². The monoisotopic (exact) mass is 407 g/mol. The maximum Gasteiger partial charge on any atom is 0.118 e. The van der Waals surface area contributed by atoms with Gasteiger partial charge in [0.25, 0.3) is 0 Å². The van der Waals surface area contributed by atoms with E-state index in [1.807, 2.05) is 54.2 Å². The van der Waals surface area contributed by atoms with Crippen LogP contribution < -0.4 is 4.74 Å². The van der Waals surface area contributed by atoms with Gasteiger partial charge in [-0.25, -0.2) is 4.68 Å². The van der Waals surface area contributed by atoms with Crippen LogP contribution >= 0.6 is 0 Å². The van der Waals surface area contributed by atoms with Crippen molar-refractivity contribution >= 4 is 0 Å². The number of nitriles is 1. The molecule has 4 heteroatoms. The molecule has 1 unspecified atom stereocenters. The Kier molecular flexibility index (Phi) is 5.86. The average Bonchev–Trinajstić information content (AvgIpc) is 3.26. The first-order valence-corrected chi connectivity index (χ1v) is 10.3. The molecule has 0 spiro atoms. The third-order valence-corrected chi connectivity index (χ3v) is 5.46. The predicted octanol–water partition coefficient (Wildman–Crippen LogP) is 6.01. The topological polar surface area (TPSA) is 50.8 Å². The van der Waals surface area contributed by atoms with Crippen LogP contribution in [0.1, 0.15) is 28.3 Å². The van der Waals surface area contributed by atoms with Crippen molar-refractivity contribution in [3.05, 3.63) is 101 Å². The maximum atomic E-state index is 9.73. The zero-order valence-corrected chi connectivity index (χ0v) is 18.0. The minimum Gasteiger partial charge on any atom is -0.497 e. The van der Waals surface area contributed by atoms with Crippen molar-refractivity contribution in [2.24, 2.45) is 0 Å². The molecule has 4 rings (SSSR count). The molecule has 0 radical (unpaired) electrons. The van der Waals surface area contributed by atoms with Crippen LogP contribution in [0, 0.1) is 25.2 Å². The number of methoxy groups -OCH3 is 1. The van der Waals surface area contributed by atoms with E-state index in [0.29, 0.717) is 6.42 Å². The van der Waals surface area contributed by atoms with Crippen LogP contribution in [0.3, 0.4) is 0 Å². The van der Waals surface area contributed by atoms with Gasteiger partial charge < -0.3 is 4.74 Å². The Morgan fingerprint density at radius 1 is 0.968 bits per heavy atom. The number of hydrogen-bond acceptors (Lipinski definition) is 3. The molecule has 4 aromatic rings. The molecule has 0 saturated carbocycles. The molecule has 0 aliphatic carbocycles. The molecule has 154 valence electrons. The SMILES string of the molecule is COc1ccc(-c2ccc(C)cc2-n2ccc(CC(C#N)c3cccc(C)c3)n2)cc1. The van der Waals surface area contributed by atoms with Crippen LogP contribution in [-0.2, 0) is 6.42 Å². The summed E-state index contributed by atoms with van der Waals surface area (Å²) < 4.78 is 7.20. The summed E-state index contributed by atoms with van der Waals surface area (Å²) in [6.07, 6.45) is 2.55. The lowest BCUT2D eigenvalue weighted by Gasteiger charge is -2.12. The Hall–Kier alpha value is -3.84. The summed E-state index contributed by atoms with van der Waals surface area (Å²) in [6, 6.07) is 27.0. The van der Waals surface area contributed by atoms with Crippen LogP contribution in [0.5, 0.6) is 5.75 Å². The number of hydrogen-bond donors (Lipinski definition) is 0. The van der Waals surface area contributed by atoms with Gasteiger partial charge in [0.2, 0.25) is 0 Å². The average molecular weight is 408 g/mol. The number of aryl methyl sites for hydroxylation is 2. The second-order valence-electron chi connectivity index (χ2n) is 7.80. The smallest absolute Gasteiger partial charge is 0.118 e. The van der Waals surface area contributed by atoms with Gasteiger partial charge in [0.1, 0.15) is 5.75 Å². The van der Waals surface area contributed by atoms with E-state index in [2.05, 4.69) is 49.4 Å². The lowest BCUT2D eigenvalue weighted by molar-refractivity contribution is 0.415. The molecule has 0 amide bonds. The molecular formula is C27H25N3O. The van der Waals surface area contributed by atoms with E-state index in [0.717, 1.165) is 39.4 Å². The second kappa shape index (κ2) is 8.89. The Balaban J connectivity index is 1.65. The van der Waals surface area contributed by atoms with Gasteiger partial charge in [0.05, 0.1) is 30.5 Å². The largest absolute Gasteiger partial charge is 0.497 e.